The first-order valence-electron chi connectivity index (χ1n) is 5.68. The molecule has 1 unspecified atom stereocenters. The molecule has 2 nitrogen and oxygen atoms in total. The minimum absolute atomic E-state index is 0.0809. The highest BCUT2D eigenvalue weighted by molar-refractivity contribution is 5.43. The van der Waals surface area contributed by atoms with Gasteiger partial charge in [-0.05, 0) is 37.5 Å². The molecule has 0 saturated heterocycles. The van der Waals surface area contributed by atoms with Crippen LogP contribution in [0.3, 0.4) is 0 Å². The molecule has 1 aliphatic carbocycles. The van der Waals surface area contributed by atoms with Gasteiger partial charge in [-0.15, -0.1) is 12.3 Å². The Hall–Kier alpha value is -1.04. The standard InChI is InChI=1S/C14H20O2/c1-6-8-13-10(3)9-14(11(13)4)16-12(5)15-7-2/h1,12,14H,3,7-9H2,2,4-5H3/t12?,14-/m0/s1. The Bertz CT molecular complexity index is 333. The molecule has 16 heavy (non-hydrogen) atoms. The summed E-state index contributed by atoms with van der Waals surface area (Å²) in [6.07, 6.45) is 6.72. The third kappa shape index (κ3) is 2.98. The lowest BCUT2D eigenvalue weighted by Gasteiger charge is -2.19. The third-order valence-electron chi connectivity index (χ3n) is 2.85. The van der Waals surface area contributed by atoms with E-state index in [-0.39, 0.29) is 12.4 Å². The van der Waals surface area contributed by atoms with Gasteiger partial charge in [0.15, 0.2) is 6.29 Å². The number of rotatable bonds is 5. The van der Waals surface area contributed by atoms with Gasteiger partial charge in [0.25, 0.3) is 0 Å². The zero-order chi connectivity index (χ0) is 12.1. The minimum atomic E-state index is -0.178. The van der Waals surface area contributed by atoms with Crippen molar-refractivity contribution in [3.8, 4) is 12.3 Å². The smallest absolute Gasteiger partial charge is 0.155 e. The molecule has 0 aliphatic heterocycles. The predicted molar refractivity (Wildman–Crippen MR) is 65.9 cm³/mol. The summed E-state index contributed by atoms with van der Waals surface area (Å²) in [4.78, 5) is 0. The lowest BCUT2D eigenvalue weighted by Crippen LogP contribution is -2.21. The molecule has 0 heterocycles. The van der Waals surface area contributed by atoms with E-state index >= 15 is 0 Å². The van der Waals surface area contributed by atoms with Crippen LogP contribution in [0.1, 0.15) is 33.6 Å². The van der Waals surface area contributed by atoms with Gasteiger partial charge in [0.2, 0.25) is 0 Å². The van der Waals surface area contributed by atoms with E-state index in [1.54, 1.807) is 0 Å². The molecule has 2 heteroatoms. The molecule has 0 bridgehead atoms. The molecule has 0 aromatic carbocycles. The van der Waals surface area contributed by atoms with Crippen molar-refractivity contribution >= 4 is 0 Å². The molecule has 1 aliphatic rings. The van der Waals surface area contributed by atoms with Crippen LogP contribution in [0.5, 0.6) is 0 Å². The summed E-state index contributed by atoms with van der Waals surface area (Å²) in [6.45, 7) is 10.6. The summed E-state index contributed by atoms with van der Waals surface area (Å²) in [5.74, 6) is 2.66. The van der Waals surface area contributed by atoms with Crippen LogP contribution < -0.4 is 0 Å². The average Bonchev–Trinajstić information content (AvgIpc) is 2.47. The van der Waals surface area contributed by atoms with Crippen molar-refractivity contribution in [3.05, 3.63) is 23.3 Å². The highest BCUT2D eigenvalue weighted by Gasteiger charge is 2.26. The molecule has 0 radical (unpaired) electrons. The zero-order valence-corrected chi connectivity index (χ0v) is 10.4. The van der Waals surface area contributed by atoms with Gasteiger partial charge in [-0.25, -0.2) is 0 Å². The van der Waals surface area contributed by atoms with E-state index in [1.165, 1.54) is 11.1 Å². The second-order valence-corrected chi connectivity index (χ2v) is 4.00. The second-order valence-electron chi connectivity index (χ2n) is 4.00. The van der Waals surface area contributed by atoms with Gasteiger partial charge < -0.3 is 9.47 Å². The number of ether oxygens (including phenoxy) is 2. The fraction of sp³-hybridized carbons (Fsp3) is 0.571. The van der Waals surface area contributed by atoms with Gasteiger partial charge >= 0.3 is 0 Å². The van der Waals surface area contributed by atoms with Crippen molar-refractivity contribution in [2.24, 2.45) is 0 Å². The van der Waals surface area contributed by atoms with Crippen molar-refractivity contribution in [2.75, 3.05) is 6.61 Å². The Morgan fingerprint density at radius 3 is 2.88 bits per heavy atom. The summed E-state index contributed by atoms with van der Waals surface area (Å²) in [5, 5.41) is 0. The number of terminal acetylenes is 1. The van der Waals surface area contributed by atoms with Crippen molar-refractivity contribution in [1.29, 1.82) is 0 Å². The van der Waals surface area contributed by atoms with E-state index in [1.807, 2.05) is 13.8 Å². The van der Waals surface area contributed by atoms with Crippen molar-refractivity contribution in [3.63, 3.8) is 0 Å². The van der Waals surface area contributed by atoms with E-state index in [2.05, 4.69) is 19.4 Å². The van der Waals surface area contributed by atoms with Crippen LogP contribution in [0.15, 0.2) is 23.3 Å². The Morgan fingerprint density at radius 2 is 2.31 bits per heavy atom. The van der Waals surface area contributed by atoms with Crippen molar-refractivity contribution in [2.45, 2.75) is 46.0 Å². The molecule has 88 valence electrons. The van der Waals surface area contributed by atoms with Gasteiger partial charge in [-0.3, -0.25) is 0 Å². The van der Waals surface area contributed by atoms with Gasteiger partial charge in [-0.1, -0.05) is 6.58 Å². The van der Waals surface area contributed by atoms with Gasteiger partial charge in [0, 0.05) is 19.4 Å². The SMILES string of the molecule is C#CCC1=C(C)[C@@H](OC(C)OCC)CC1=C. The molecule has 0 N–H and O–H groups in total. The van der Waals surface area contributed by atoms with Gasteiger partial charge in [-0.2, -0.15) is 0 Å². The first kappa shape index (κ1) is 13.0. The van der Waals surface area contributed by atoms with E-state index in [4.69, 9.17) is 15.9 Å². The highest BCUT2D eigenvalue weighted by atomic mass is 16.7. The Balaban J connectivity index is 2.65. The predicted octanol–water partition coefficient (Wildman–Crippen LogP) is 3.05. The van der Waals surface area contributed by atoms with Gasteiger partial charge in [0.1, 0.15) is 0 Å². The molecule has 0 fully saturated rings. The third-order valence-corrected chi connectivity index (χ3v) is 2.85. The first-order valence-corrected chi connectivity index (χ1v) is 5.68. The van der Waals surface area contributed by atoms with E-state index in [9.17, 15) is 0 Å². The molecule has 0 amide bonds. The number of hydrogen-bond acceptors (Lipinski definition) is 2. The summed E-state index contributed by atoms with van der Waals surface area (Å²) in [6, 6.07) is 0. The lowest BCUT2D eigenvalue weighted by molar-refractivity contribution is -0.146. The van der Waals surface area contributed by atoms with Crippen molar-refractivity contribution < 1.29 is 9.47 Å². The molecule has 1 rings (SSSR count). The Labute approximate surface area is 98.3 Å². The maximum absolute atomic E-state index is 5.80. The molecular formula is C14H20O2. The van der Waals surface area contributed by atoms with Crippen LogP contribution in [0, 0.1) is 12.3 Å². The molecule has 0 spiro atoms. The molecular weight excluding hydrogens is 200 g/mol. The lowest BCUT2D eigenvalue weighted by atomic mass is 10.1. The minimum Gasteiger partial charge on any atom is -0.353 e. The fourth-order valence-corrected chi connectivity index (χ4v) is 2.00. The van der Waals surface area contributed by atoms with Crippen LogP contribution in [0.25, 0.3) is 0 Å². The summed E-state index contributed by atoms with van der Waals surface area (Å²) in [7, 11) is 0. The highest BCUT2D eigenvalue weighted by Crippen LogP contribution is 2.34. The normalized spacial score (nSPS) is 22.4. The Morgan fingerprint density at radius 1 is 1.62 bits per heavy atom. The fourth-order valence-electron chi connectivity index (χ4n) is 2.00. The second kappa shape index (κ2) is 5.89. The van der Waals surface area contributed by atoms with Crippen LogP contribution in [0.2, 0.25) is 0 Å². The average molecular weight is 220 g/mol. The maximum Gasteiger partial charge on any atom is 0.155 e. The monoisotopic (exact) mass is 220 g/mol. The maximum atomic E-state index is 5.80. The van der Waals surface area contributed by atoms with E-state index in [0.29, 0.717) is 13.0 Å². The van der Waals surface area contributed by atoms with Crippen LogP contribution in [0.4, 0.5) is 0 Å². The van der Waals surface area contributed by atoms with Gasteiger partial charge in [0.05, 0.1) is 6.10 Å². The van der Waals surface area contributed by atoms with Crippen LogP contribution in [-0.4, -0.2) is 19.0 Å². The summed E-state index contributed by atoms with van der Waals surface area (Å²) >= 11 is 0. The summed E-state index contributed by atoms with van der Waals surface area (Å²) in [5.41, 5.74) is 3.48. The summed E-state index contributed by atoms with van der Waals surface area (Å²) < 4.78 is 11.2. The van der Waals surface area contributed by atoms with Crippen LogP contribution >= 0.6 is 0 Å². The molecule has 0 aromatic heterocycles. The molecule has 0 aromatic rings. The largest absolute Gasteiger partial charge is 0.353 e. The van der Waals surface area contributed by atoms with Crippen LogP contribution in [-0.2, 0) is 9.47 Å². The molecule has 0 saturated carbocycles. The molecule has 2 atom stereocenters. The quantitative estimate of drug-likeness (QED) is 0.523. The van der Waals surface area contributed by atoms with E-state index in [0.717, 1.165) is 12.0 Å². The van der Waals surface area contributed by atoms with E-state index < -0.39 is 0 Å². The topological polar surface area (TPSA) is 18.5 Å². The first-order chi connectivity index (χ1) is 7.60. The van der Waals surface area contributed by atoms with Crippen molar-refractivity contribution in [1.82, 2.24) is 0 Å². The zero-order valence-electron chi connectivity index (χ0n) is 10.4. The number of hydrogen-bond donors (Lipinski definition) is 0. The number of allylic oxidation sites excluding steroid dienone is 1. The Kier molecular flexibility index (Phi) is 4.79.